The Morgan fingerprint density at radius 1 is 1.24 bits per heavy atom. The van der Waals surface area contributed by atoms with Gasteiger partial charge in [0.2, 0.25) is 0 Å². The van der Waals surface area contributed by atoms with Crippen LogP contribution in [0.3, 0.4) is 0 Å². The highest BCUT2D eigenvalue weighted by Crippen LogP contribution is 2.22. The molecule has 4 atom stereocenters. The van der Waals surface area contributed by atoms with E-state index in [9.17, 15) is 15.3 Å². The van der Waals surface area contributed by atoms with Crippen LogP contribution in [0, 0.1) is 0 Å². The molecule has 3 unspecified atom stereocenters. The van der Waals surface area contributed by atoms with Gasteiger partial charge in [-0.15, -0.1) is 0 Å². The van der Waals surface area contributed by atoms with Crippen LogP contribution in [0.4, 0.5) is 0 Å². The van der Waals surface area contributed by atoms with Crippen LogP contribution >= 0.6 is 0 Å². The molecule has 5 heteroatoms. The van der Waals surface area contributed by atoms with Crippen molar-refractivity contribution in [3.63, 3.8) is 0 Å². The maximum atomic E-state index is 9.94. The van der Waals surface area contributed by atoms with Gasteiger partial charge in [-0.3, -0.25) is 4.90 Å². The fraction of sp³-hybridized carbons (Fsp3) is 1.00. The lowest BCUT2D eigenvalue weighted by Gasteiger charge is -2.45. The van der Waals surface area contributed by atoms with E-state index in [0.29, 0.717) is 13.2 Å². The summed E-state index contributed by atoms with van der Waals surface area (Å²) >= 11 is 0. The van der Waals surface area contributed by atoms with Crippen LogP contribution in [-0.2, 0) is 4.74 Å². The number of hydrogen-bond donors (Lipinski definition) is 3. The number of ether oxygens (including phenoxy) is 1. The van der Waals surface area contributed by atoms with Gasteiger partial charge in [0.1, 0.15) is 12.2 Å². The van der Waals surface area contributed by atoms with E-state index in [2.05, 4.69) is 0 Å². The van der Waals surface area contributed by atoms with Gasteiger partial charge in [0, 0.05) is 13.2 Å². The fourth-order valence-corrected chi connectivity index (χ4v) is 2.37. The molecule has 1 fully saturated rings. The Bertz CT molecular complexity index is 215. The van der Waals surface area contributed by atoms with Crippen molar-refractivity contribution >= 4 is 0 Å². The molecule has 0 aromatic rings. The van der Waals surface area contributed by atoms with Crippen LogP contribution in [0.5, 0.6) is 0 Å². The molecular weight excluding hydrogens is 222 g/mol. The fourth-order valence-electron chi connectivity index (χ4n) is 2.37. The molecule has 0 bridgehead atoms. The second kappa shape index (κ2) is 7.28. The Hall–Kier alpha value is -0.200. The minimum absolute atomic E-state index is 0.0574. The molecule has 1 aliphatic rings. The normalized spacial score (nSPS) is 35.1. The zero-order valence-corrected chi connectivity index (χ0v) is 10.7. The number of nitrogens with zero attached hydrogens (tertiary/aromatic N) is 1. The SMILES string of the molecule is CCCO[C@H]1C(O)C(O)CN(CCC)C1CO. The van der Waals surface area contributed by atoms with Gasteiger partial charge < -0.3 is 20.1 Å². The highest BCUT2D eigenvalue weighted by molar-refractivity contribution is 4.95. The molecule has 1 heterocycles. The highest BCUT2D eigenvalue weighted by atomic mass is 16.5. The first kappa shape index (κ1) is 14.9. The van der Waals surface area contributed by atoms with Crippen LogP contribution in [-0.4, -0.2) is 70.9 Å². The lowest BCUT2D eigenvalue weighted by molar-refractivity contribution is -0.166. The lowest BCUT2D eigenvalue weighted by Crippen LogP contribution is -2.63. The summed E-state index contributed by atoms with van der Waals surface area (Å²) in [6.45, 7) is 5.70. The van der Waals surface area contributed by atoms with Crippen LogP contribution < -0.4 is 0 Å². The van der Waals surface area contributed by atoms with Crippen LogP contribution in [0.2, 0.25) is 0 Å². The molecule has 3 N–H and O–H groups in total. The minimum atomic E-state index is -0.910. The van der Waals surface area contributed by atoms with E-state index in [-0.39, 0.29) is 12.6 Å². The zero-order chi connectivity index (χ0) is 12.8. The third-order valence-corrected chi connectivity index (χ3v) is 3.21. The number of hydrogen-bond acceptors (Lipinski definition) is 5. The summed E-state index contributed by atoms with van der Waals surface area (Å²) in [5.41, 5.74) is 0. The number of aliphatic hydroxyl groups excluding tert-OH is 3. The van der Waals surface area contributed by atoms with E-state index in [1.54, 1.807) is 0 Å². The van der Waals surface area contributed by atoms with Gasteiger partial charge in [-0.25, -0.2) is 0 Å². The molecule has 17 heavy (non-hydrogen) atoms. The van der Waals surface area contributed by atoms with E-state index in [1.165, 1.54) is 0 Å². The molecule has 0 amide bonds. The Labute approximate surface area is 103 Å². The van der Waals surface area contributed by atoms with Crippen molar-refractivity contribution in [2.75, 3.05) is 26.3 Å². The van der Waals surface area contributed by atoms with Crippen molar-refractivity contribution in [3.8, 4) is 0 Å². The number of piperidine rings is 1. The van der Waals surface area contributed by atoms with E-state index in [4.69, 9.17) is 4.74 Å². The summed E-state index contributed by atoms with van der Waals surface area (Å²) in [5, 5.41) is 29.2. The molecule has 0 radical (unpaired) electrons. The quantitative estimate of drug-likeness (QED) is 0.595. The van der Waals surface area contributed by atoms with Crippen molar-refractivity contribution in [1.82, 2.24) is 4.90 Å². The summed E-state index contributed by atoms with van der Waals surface area (Å²) in [6.07, 6.45) is -0.418. The summed E-state index contributed by atoms with van der Waals surface area (Å²) in [4.78, 5) is 2.00. The summed E-state index contributed by atoms with van der Waals surface area (Å²) < 4.78 is 5.58. The van der Waals surface area contributed by atoms with Crippen molar-refractivity contribution in [1.29, 1.82) is 0 Å². The first-order valence-corrected chi connectivity index (χ1v) is 6.48. The van der Waals surface area contributed by atoms with Gasteiger partial charge >= 0.3 is 0 Å². The van der Waals surface area contributed by atoms with Crippen LogP contribution in [0.15, 0.2) is 0 Å². The highest BCUT2D eigenvalue weighted by Gasteiger charge is 2.42. The molecule has 0 aromatic carbocycles. The Morgan fingerprint density at radius 3 is 2.47 bits per heavy atom. The Balaban J connectivity index is 2.71. The van der Waals surface area contributed by atoms with Gasteiger partial charge in [-0.05, 0) is 19.4 Å². The average Bonchev–Trinajstić information content (AvgIpc) is 2.32. The third-order valence-electron chi connectivity index (χ3n) is 3.21. The molecule has 0 spiro atoms. The maximum absolute atomic E-state index is 9.94. The van der Waals surface area contributed by atoms with Gasteiger partial charge in [0.15, 0.2) is 0 Å². The second-order valence-electron chi connectivity index (χ2n) is 4.64. The molecular formula is C12H25NO4. The smallest absolute Gasteiger partial charge is 0.109 e. The van der Waals surface area contributed by atoms with Gasteiger partial charge in [-0.2, -0.15) is 0 Å². The topological polar surface area (TPSA) is 73.2 Å². The summed E-state index contributed by atoms with van der Waals surface area (Å²) in [6, 6.07) is -0.222. The van der Waals surface area contributed by atoms with E-state index < -0.39 is 18.3 Å². The summed E-state index contributed by atoms with van der Waals surface area (Å²) in [5.74, 6) is 0. The van der Waals surface area contributed by atoms with Gasteiger partial charge in [-0.1, -0.05) is 13.8 Å². The van der Waals surface area contributed by atoms with Crippen molar-refractivity contribution in [3.05, 3.63) is 0 Å². The number of β-amino-alcohol motifs (C(OH)–C–C–N with tert-alkyl or cyclic N) is 1. The lowest BCUT2D eigenvalue weighted by atomic mass is 9.94. The zero-order valence-electron chi connectivity index (χ0n) is 10.7. The van der Waals surface area contributed by atoms with Crippen molar-refractivity contribution in [2.24, 2.45) is 0 Å². The number of aliphatic hydroxyl groups is 3. The molecule has 1 saturated heterocycles. The average molecular weight is 247 g/mol. The first-order chi connectivity index (χ1) is 8.15. The summed E-state index contributed by atoms with van der Waals surface area (Å²) in [7, 11) is 0. The number of rotatable bonds is 6. The molecule has 5 nitrogen and oxygen atoms in total. The van der Waals surface area contributed by atoms with E-state index in [0.717, 1.165) is 19.4 Å². The Morgan fingerprint density at radius 2 is 1.94 bits per heavy atom. The van der Waals surface area contributed by atoms with Crippen molar-refractivity contribution < 1.29 is 20.1 Å². The van der Waals surface area contributed by atoms with Crippen LogP contribution in [0.25, 0.3) is 0 Å². The molecule has 0 aliphatic carbocycles. The second-order valence-corrected chi connectivity index (χ2v) is 4.64. The first-order valence-electron chi connectivity index (χ1n) is 6.48. The van der Waals surface area contributed by atoms with Crippen molar-refractivity contribution in [2.45, 2.75) is 51.0 Å². The predicted molar refractivity (Wildman–Crippen MR) is 64.8 cm³/mol. The Kier molecular flexibility index (Phi) is 6.37. The predicted octanol–water partition coefficient (Wildman–Crippen LogP) is -0.410. The standard InChI is InChI=1S/C12H25NO4/c1-3-5-13-7-10(15)11(16)12(9(13)8-14)17-6-4-2/h9-12,14-16H,3-8H2,1-2H3/t9?,10?,11?,12-/m1/s1. The molecule has 0 aromatic heterocycles. The maximum Gasteiger partial charge on any atom is 0.109 e. The minimum Gasteiger partial charge on any atom is -0.395 e. The molecule has 102 valence electrons. The molecule has 0 saturated carbocycles. The number of likely N-dealkylation sites (tertiary alicyclic amines) is 1. The monoisotopic (exact) mass is 247 g/mol. The third kappa shape index (κ3) is 3.63. The largest absolute Gasteiger partial charge is 0.395 e. The molecule has 1 rings (SSSR count). The van der Waals surface area contributed by atoms with Gasteiger partial charge in [0.05, 0.1) is 18.8 Å². The van der Waals surface area contributed by atoms with Crippen LogP contribution in [0.1, 0.15) is 26.7 Å². The van der Waals surface area contributed by atoms with E-state index in [1.807, 2.05) is 18.7 Å². The molecule has 1 aliphatic heterocycles. The van der Waals surface area contributed by atoms with Gasteiger partial charge in [0.25, 0.3) is 0 Å². The van der Waals surface area contributed by atoms with E-state index >= 15 is 0 Å².